The number of nitrogen functional groups attached to an aromatic ring is 2. The van der Waals surface area contributed by atoms with Crippen LogP contribution in [0.2, 0.25) is 0 Å². The topological polar surface area (TPSA) is 117 Å². The van der Waals surface area contributed by atoms with Crippen LogP contribution in [-0.2, 0) is 6.42 Å². The van der Waals surface area contributed by atoms with Gasteiger partial charge in [0, 0.05) is 12.5 Å². The Kier molecular flexibility index (Phi) is 3.19. The summed E-state index contributed by atoms with van der Waals surface area (Å²) in [5.74, 6) is 1.21. The first-order chi connectivity index (χ1) is 6.49. The molecular formula is C8H16N6. The minimum absolute atomic E-state index is 0.0104. The monoisotopic (exact) mass is 196 g/mol. The van der Waals surface area contributed by atoms with E-state index in [1.807, 2.05) is 13.8 Å². The quantitative estimate of drug-likeness (QED) is 0.603. The molecule has 1 heterocycles. The van der Waals surface area contributed by atoms with Crippen molar-refractivity contribution in [1.82, 2.24) is 15.0 Å². The summed E-state index contributed by atoms with van der Waals surface area (Å²) in [6.45, 7) is 4.08. The van der Waals surface area contributed by atoms with Crippen LogP contribution in [0.1, 0.15) is 19.7 Å². The van der Waals surface area contributed by atoms with E-state index in [1.54, 1.807) is 0 Å². The third-order valence-corrected chi connectivity index (χ3v) is 1.99. The molecule has 6 N–H and O–H groups in total. The normalized spacial score (nSPS) is 13.1. The smallest absolute Gasteiger partial charge is 0.225 e. The Morgan fingerprint density at radius 2 is 1.57 bits per heavy atom. The minimum atomic E-state index is 0.0104. The Bertz CT molecular complexity index is 290. The van der Waals surface area contributed by atoms with Crippen molar-refractivity contribution < 1.29 is 0 Å². The third kappa shape index (κ3) is 2.81. The first kappa shape index (κ1) is 10.6. The molecule has 6 heteroatoms. The van der Waals surface area contributed by atoms with Crippen molar-refractivity contribution in [3.8, 4) is 0 Å². The maximum atomic E-state index is 5.87. The maximum Gasteiger partial charge on any atom is 0.225 e. The zero-order valence-corrected chi connectivity index (χ0v) is 8.44. The Hall–Kier alpha value is -1.43. The van der Waals surface area contributed by atoms with Gasteiger partial charge in [-0.25, -0.2) is 0 Å². The maximum absolute atomic E-state index is 5.87. The summed E-state index contributed by atoms with van der Waals surface area (Å²) < 4.78 is 0. The van der Waals surface area contributed by atoms with Crippen LogP contribution in [0.5, 0.6) is 0 Å². The second-order valence-corrected chi connectivity index (χ2v) is 3.58. The highest BCUT2D eigenvalue weighted by Gasteiger charge is 2.11. The molecule has 1 unspecified atom stereocenters. The van der Waals surface area contributed by atoms with E-state index in [9.17, 15) is 0 Å². The van der Waals surface area contributed by atoms with Crippen LogP contribution < -0.4 is 17.2 Å². The lowest BCUT2D eigenvalue weighted by molar-refractivity contribution is 0.481. The van der Waals surface area contributed by atoms with Gasteiger partial charge in [-0.3, -0.25) is 0 Å². The number of hydrogen-bond donors (Lipinski definition) is 3. The number of nitrogens with two attached hydrogens (primary N) is 3. The third-order valence-electron chi connectivity index (χ3n) is 1.99. The van der Waals surface area contributed by atoms with Gasteiger partial charge in [0.2, 0.25) is 11.9 Å². The Morgan fingerprint density at radius 3 is 2.00 bits per heavy atom. The van der Waals surface area contributed by atoms with Crippen molar-refractivity contribution in [2.24, 2.45) is 11.7 Å². The average molecular weight is 196 g/mol. The van der Waals surface area contributed by atoms with Gasteiger partial charge in [-0.2, -0.15) is 15.0 Å². The molecule has 0 aliphatic rings. The van der Waals surface area contributed by atoms with E-state index in [0.29, 0.717) is 18.2 Å². The van der Waals surface area contributed by atoms with Crippen LogP contribution in [0.3, 0.4) is 0 Å². The van der Waals surface area contributed by atoms with Crippen molar-refractivity contribution in [2.45, 2.75) is 26.3 Å². The second kappa shape index (κ2) is 4.19. The molecule has 14 heavy (non-hydrogen) atoms. The summed E-state index contributed by atoms with van der Waals surface area (Å²) in [6, 6.07) is 0.0104. The number of aromatic nitrogens is 3. The van der Waals surface area contributed by atoms with E-state index in [-0.39, 0.29) is 17.9 Å². The summed E-state index contributed by atoms with van der Waals surface area (Å²) in [7, 11) is 0. The molecule has 0 bridgehead atoms. The van der Waals surface area contributed by atoms with Crippen LogP contribution in [0.4, 0.5) is 11.9 Å². The molecule has 1 aromatic heterocycles. The molecule has 1 aromatic rings. The van der Waals surface area contributed by atoms with Gasteiger partial charge in [0.05, 0.1) is 0 Å². The SMILES string of the molecule is CC(C)C(N)Cc1nc(N)nc(N)n1. The largest absolute Gasteiger partial charge is 0.368 e. The summed E-state index contributed by atoms with van der Waals surface area (Å²) in [6.07, 6.45) is 0.564. The van der Waals surface area contributed by atoms with Gasteiger partial charge in [-0.1, -0.05) is 13.8 Å². The van der Waals surface area contributed by atoms with Crippen LogP contribution in [-0.4, -0.2) is 21.0 Å². The molecule has 0 saturated carbocycles. The molecule has 0 amide bonds. The van der Waals surface area contributed by atoms with E-state index in [4.69, 9.17) is 17.2 Å². The van der Waals surface area contributed by atoms with Gasteiger partial charge in [-0.15, -0.1) is 0 Å². The predicted molar refractivity (Wildman–Crippen MR) is 55.2 cm³/mol. The molecule has 0 aliphatic heterocycles. The Labute approximate surface area is 82.9 Å². The summed E-state index contributed by atoms with van der Waals surface area (Å²) in [4.78, 5) is 11.6. The highest BCUT2D eigenvalue weighted by atomic mass is 15.1. The molecule has 0 spiro atoms. The zero-order chi connectivity index (χ0) is 10.7. The van der Waals surface area contributed by atoms with E-state index >= 15 is 0 Å². The molecule has 0 aromatic carbocycles. The summed E-state index contributed by atoms with van der Waals surface area (Å²) in [5.41, 5.74) is 16.7. The minimum Gasteiger partial charge on any atom is -0.368 e. The van der Waals surface area contributed by atoms with Crippen LogP contribution in [0.15, 0.2) is 0 Å². The predicted octanol–water partition coefficient (Wildman–Crippen LogP) is -0.438. The molecule has 1 rings (SSSR count). The molecule has 0 fully saturated rings. The lowest BCUT2D eigenvalue weighted by Crippen LogP contribution is -2.29. The lowest BCUT2D eigenvalue weighted by atomic mass is 10.0. The summed E-state index contributed by atoms with van der Waals surface area (Å²) >= 11 is 0. The van der Waals surface area contributed by atoms with Crippen molar-refractivity contribution in [3.63, 3.8) is 0 Å². The summed E-state index contributed by atoms with van der Waals surface area (Å²) in [5, 5.41) is 0. The van der Waals surface area contributed by atoms with Crippen LogP contribution >= 0.6 is 0 Å². The van der Waals surface area contributed by atoms with Crippen LogP contribution in [0, 0.1) is 5.92 Å². The fraction of sp³-hybridized carbons (Fsp3) is 0.625. The number of anilines is 2. The van der Waals surface area contributed by atoms with E-state index in [0.717, 1.165) is 0 Å². The first-order valence-electron chi connectivity index (χ1n) is 4.50. The number of nitrogens with zero attached hydrogens (tertiary/aromatic N) is 3. The first-order valence-corrected chi connectivity index (χ1v) is 4.50. The highest BCUT2D eigenvalue weighted by Crippen LogP contribution is 2.06. The van der Waals surface area contributed by atoms with Crippen LogP contribution in [0.25, 0.3) is 0 Å². The van der Waals surface area contributed by atoms with Gasteiger partial charge in [0.15, 0.2) is 0 Å². The number of rotatable bonds is 3. The van der Waals surface area contributed by atoms with Crippen molar-refractivity contribution in [2.75, 3.05) is 11.5 Å². The van der Waals surface area contributed by atoms with E-state index in [2.05, 4.69) is 15.0 Å². The fourth-order valence-corrected chi connectivity index (χ4v) is 0.995. The second-order valence-electron chi connectivity index (χ2n) is 3.58. The highest BCUT2D eigenvalue weighted by molar-refractivity contribution is 5.25. The van der Waals surface area contributed by atoms with Gasteiger partial charge < -0.3 is 17.2 Å². The lowest BCUT2D eigenvalue weighted by Gasteiger charge is -2.14. The van der Waals surface area contributed by atoms with Gasteiger partial charge >= 0.3 is 0 Å². The van der Waals surface area contributed by atoms with E-state index < -0.39 is 0 Å². The molecule has 0 saturated heterocycles. The van der Waals surface area contributed by atoms with E-state index in [1.165, 1.54) is 0 Å². The average Bonchev–Trinajstić information content (AvgIpc) is 2.01. The van der Waals surface area contributed by atoms with Crippen molar-refractivity contribution in [3.05, 3.63) is 5.82 Å². The molecule has 0 aliphatic carbocycles. The number of hydrogen-bond acceptors (Lipinski definition) is 6. The standard InChI is InChI=1S/C8H16N6/c1-4(2)5(9)3-6-12-7(10)14-8(11)13-6/h4-5H,3,9H2,1-2H3,(H4,10,11,12,13,14). The Balaban J connectivity index is 2.76. The van der Waals surface area contributed by atoms with Gasteiger partial charge in [0.1, 0.15) is 5.82 Å². The molecule has 6 nitrogen and oxygen atoms in total. The zero-order valence-electron chi connectivity index (χ0n) is 8.44. The molecular weight excluding hydrogens is 180 g/mol. The van der Waals surface area contributed by atoms with Gasteiger partial charge in [0.25, 0.3) is 0 Å². The fourth-order valence-electron chi connectivity index (χ4n) is 0.995. The molecule has 78 valence electrons. The molecule has 0 radical (unpaired) electrons. The van der Waals surface area contributed by atoms with Crippen molar-refractivity contribution in [1.29, 1.82) is 0 Å². The Morgan fingerprint density at radius 1 is 1.07 bits per heavy atom. The molecule has 1 atom stereocenters. The van der Waals surface area contributed by atoms with Crippen molar-refractivity contribution >= 4 is 11.9 Å². The van der Waals surface area contributed by atoms with Gasteiger partial charge in [-0.05, 0) is 5.92 Å².